The maximum absolute atomic E-state index is 10.9. The number of benzene rings is 1. The molecule has 116 valence electrons. The zero-order valence-electron chi connectivity index (χ0n) is 13.0. The van der Waals surface area contributed by atoms with Crippen molar-refractivity contribution >= 4 is 17.7 Å². The van der Waals surface area contributed by atoms with Gasteiger partial charge in [-0.3, -0.25) is 10.1 Å². The van der Waals surface area contributed by atoms with Gasteiger partial charge in [0.15, 0.2) is 0 Å². The van der Waals surface area contributed by atoms with Crippen molar-refractivity contribution in [2.75, 3.05) is 12.4 Å². The van der Waals surface area contributed by atoms with Crippen LogP contribution in [0.5, 0.6) is 5.75 Å². The van der Waals surface area contributed by atoms with Crippen molar-refractivity contribution < 1.29 is 14.6 Å². The zero-order valence-corrected chi connectivity index (χ0v) is 13.8. The Morgan fingerprint density at radius 3 is 2.76 bits per heavy atom. The Labute approximate surface area is 130 Å². The molecule has 0 aliphatic carbocycles. The summed E-state index contributed by atoms with van der Waals surface area (Å²) in [7, 11) is 0. The maximum atomic E-state index is 10.9. The van der Waals surface area contributed by atoms with Crippen molar-refractivity contribution in [3.63, 3.8) is 0 Å². The van der Waals surface area contributed by atoms with Crippen LogP contribution in [0, 0.1) is 6.92 Å². The van der Waals surface area contributed by atoms with Crippen LogP contribution < -0.4 is 10.1 Å². The molecular formula is C16H23NO3S. The third kappa shape index (κ3) is 4.14. The molecule has 5 heteroatoms. The monoisotopic (exact) mass is 309 g/mol. The SMILES string of the molecule is Cc1ccc(C(C)(C)C)c(OCC2NC(C(=O)O)CS2)c1. The number of carboxylic acids is 1. The molecule has 0 aromatic heterocycles. The van der Waals surface area contributed by atoms with E-state index in [1.165, 1.54) is 5.56 Å². The molecule has 21 heavy (non-hydrogen) atoms. The van der Waals surface area contributed by atoms with E-state index < -0.39 is 12.0 Å². The number of rotatable bonds is 4. The molecule has 1 aliphatic heterocycles. The van der Waals surface area contributed by atoms with Crippen LogP contribution in [0.3, 0.4) is 0 Å². The molecule has 1 saturated heterocycles. The number of hydrogen-bond acceptors (Lipinski definition) is 4. The molecule has 4 nitrogen and oxygen atoms in total. The van der Waals surface area contributed by atoms with E-state index in [4.69, 9.17) is 9.84 Å². The number of carboxylic acid groups (broad SMARTS) is 1. The average molecular weight is 309 g/mol. The number of aliphatic carboxylic acids is 1. The van der Waals surface area contributed by atoms with Gasteiger partial charge in [-0.15, -0.1) is 11.8 Å². The summed E-state index contributed by atoms with van der Waals surface area (Å²) in [5.74, 6) is 0.683. The van der Waals surface area contributed by atoms with Gasteiger partial charge in [0.2, 0.25) is 0 Å². The Bertz CT molecular complexity index is 525. The Hall–Kier alpha value is -1.20. The van der Waals surface area contributed by atoms with Crippen LogP contribution >= 0.6 is 11.8 Å². The topological polar surface area (TPSA) is 58.6 Å². The lowest BCUT2D eigenvalue weighted by molar-refractivity contribution is -0.138. The largest absolute Gasteiger partial charge is 0.491 e. The number of aryl methyl sites for hydroxylation is 1. The first kappa shape index (κ1) is 16.2. The highest BCUT2D eigenvalue weighted by Gasteiger charge is 2.30. The molecule has 1 aromatic carbocycles. The summed E-state index contributed by atoms with van der Waals surface area (Å²) in [5, 5.41) is 12.1. The molecule has 2 N–H and O–H groups in total. The van der Waals surface area contributed by atoms with Crippen molar-refractivity contribution in [1.29, 1.82) is 0 Å². The molecule has 0 spiro atoms. The molecule has 1 fully saturated rings. The van der Waals surface area contributed by atoms with Crippen molar-refractivity contribution in [3.05, 3.63) is 29.3 Å². The van der Waals surface area contributed by atoms with Crippen LogP contribution in [0.4, 0.5) is 0 Å². The summed E-state index contributed by atoms with van der Waals surface area (Å²) in [4.78, 5) is 10.9. The highest BCUT2D eigenvalue weighted by atomic mass is 32.2. The second kappa shape index (κ2) is 6.28. The molecule has 0 radical (unpaired) electrons. The Kier molecular flexibility index (Phi) is 4.84. The quantitative estimate of drug-likeness (QED) is 0.895. The van der Waals surface area contributed by atoms with Gasteiger partial charge in [0.1, 0.15) is 18.4 Å². The second-order valence-corrected chi connectivity index (χ2v) is 7.68. The van der Waals surface area contributed by atoms with Gasteiger partial charge in [0, 0.05) is 5.75 Å². The summed E-state index contributed by atoms with van der Waals surface area (Å²) in [6, 6.07) is 5.79. The molecule has 1 aliphatic rings. The second-order valence-electron chi connectivity index (χ2n) is 6.44. The van der Waals surface area contributed by atoms with Crippen molar-refractivity contribution in [3.8, 4) is 5.75 Å². The summed E-state index contributed by atoms with van der Waals surface area (Å²) in [5.41, 5.74) is 2.35. The van der Waals surface area contributed by atoms with E-state index in [0.717, 1.165) is 11.3 Å². The normalized spacial score (nSPS) is 22.3. The number of carbonyl (C=O) groups is 1. The van der Waals surface area contributed by atoms with Crippen molar-refractivity contribution in [2.45, 2.75) is 44.5 Å². The zero-order chi connectivity index (χ0) is 15.6. The first-order valence-electron chi connectivity index (χ1n) is 7.12. The minimum Gasteiger partial charge on any atom is -0.491 e. The maximum Gasteiger partial charge on any atom is 0.321 e. The van der Waals surface area contributed by atoms with Crippen LogP contribution in [-0.2, 0) is 10.2 Å². The molecule has 2 rings (SSSR count). The number of hydrogen-bond donors (Lipinski definition) is 2. The number of ether oxygens (including phenoxy) is 1. The summed E-state index contributed by atoms with van der Waals surface area (Å²) >= 11 is 1.60. The van der Waals surface area contributed by atoms with E-state index in [0.29, 0.717) is 12.4 Å². The van der Waals surface area contributed by atoms with Gasteiger partial charge in [0.05, 0.1) is 5.37 Å². The van der Waals surface area contributed by atoms with Gasteiger partial charge in [-0.05, 0) is 29.5 Å². The molecule has 2 atom stereocenters. The molecule has 0 saturated carbocycles. The molecule has 1 aromatic rings. The summed E-state index contributed by atoms with van der Waals surface area (Å²) in [6.07, 6.45) is 0. The lowest BCUT2D eigenvalue weighted by atomic mass is 9.86. The fourth-order valence-electron chi connectivity index (χ4n) is 2.31. The number of nitrogens with one attached hydrogen (secondary N) is 1. The Balaban J connectivity index is 2.03. The highest BCUT2D eigenvalue weighted by Crippen LogP contribution is 2.32. The lowest BCUT2D eigenvalue weighted by Crippen LogP contribution is -2.38. The van der Waals surface area contributed by atoms with Gasteiger partial charge >= 0.3 is 5.97 Å². The van der Waals surface area contributed by atoms with Crippen LogP contribution in [0.25, 0.3) is 0 Å². The minimum atomic E-state index is -0.795. The predicted octanol–water partition coefficient (Wildman–Crippen LogP) is 2.79. The Morgan fingerprint density at radius 2 is 2.19 bits per heavy atom. The third-order valence-corrected chi connectivity index (χ3v) is 4.68. The molecule has 1 heterocycles. The van der Waals surface area contributed by atoms with Crippen LogP contribution in [-0.4, -0.2) is 34.9 Å². The first-order chi connectivity index (χ1) is 9.77. The number of thioether (sulfide) groups is 1. The minimum absolute atomic E-state index is 0.0167. The molecule has 2 unspecified atom stereocenters. The van der Waals surface area contributed by atoms with E-state index in [1.54, 1.807) is 11.8 Å². The van der Waals surface area contributed by atoms with Gasteiger partial charge in [-0.2, -0.15) is 0 Å². The van der Waals surface area contributed by atoms with Gasteiger partial charge < -0.3 is 9.84 Å². The average Bonchev–Trinajstić information content (AvgIpc) is 2.83. The van der Waals surface area contributed by atoms with Gasteiger partial charge in [-0.25, -0.2) is 0 Å². The fraction of sp³-hybridized carbons (Fsp3) is 0.562. The van der Waals surface area contributed by atoms with Crippen molar-refractivity contribution in [2.24, 2.45) is 0 Å². The third-order valence-electron chi connectivity index (χ3n) is 3.48. The van der Waals surface area contributed by atoms with E-state index in [1.807, 2.05) is 6.92 Å². The summed E-state index contributed by atoms with van der Waals surface area (Å²) < 4.78 is 5.98. The van der Waals surface area contributed by atoms with E-state index in [9.17, 15) is 4.79 Å². The van der Waals surface area contributed by atoms with E-state index in [-0.39, 0.29) is 10.8 Å². The van der Waals surface area contributed by atoms with Gasteiger partial charge in [0.25, 0.3) is 0 Å². The van der Waals surface area contributed by atoms with E-state index >= 15 is 0 Å². The smallest absolute Gasteiger partial charge is 0.321 e. The van der Waals surface area contributed by atoms with Crippen LogP contribution in [0.15, 0.2) is 18.2 Å². The predicted molar refractivity (Wildman–Crippen MR) is 86.2 cm³/mol. The Morgan fingerprint density at radius 1 is 1.48 bits per heavy atom. The van der Waals surface area contributed by atoms with Gasteiger partial charge in [-0.1, -0.05) is 32.9 Å². The first-order valence-corrected chi connectivity index (χ1v) is 8.16. The molecular weight excluding hydrogens is 286 g/mol. The standard InChI is InChI=1S/C16H23NO3S/c1-10-5-6-11(16(2,3)4)13(7-10)20-8-14-17-12(9-21-14)15(18)19/h5-7,12,14,17H,8-9H2,1-4H3,(H,18,19). The lowest BCUT2D eigenvalue weighted by Gasteiger charge is -2.24. The molecule has 0 amide bonds. The highest BCUT2D eigenvalue weighted by molar-refractivity contribution is 8.00. The summed E-state index contributed by atoms with van der Waals surface area (Å²) in [6.45, 7) is 9.00. The van der Waals surface area contributed by atoms with Crippen molar-refractivity contribution in [1.82, 2.24) is 5.32 Å². The fourth-order valence-corrected chi connectivity index (χ4v) is 3.39. The van der Waals surface area contributed by atoms with E-state index in [2.05, 4.69) is 44.3 Å². The molecule has 0 bridgehead atoms. The van der Waals surface area contributed by atoms with Crippen LogP contribution in [0.1, 0.15) is 31.9 Å². The van der Waals surface area contributed by atoms with Crippen LogP contribution in [0.2, 0.25) is 0 Å².